The molecule has 1 unspecified atom stereocenters. The topological polar surface area (TPSA) is 84.9 Å². The minimum absolute atomic E-state index is 0.0826. The highest BCUT2D eigenvalue weighted by molar-refractivity contribution is 6.11. The Morgan fingerprint density at radius 1 is 1.23 bits per heavy atom. The predicted octanol–water partition coefficient (Wildman–Crippen LogP) is 2.39. The van der Waals surface area contributed by atoms with Gasteiger partial charge >= 0.3 is 5.97 Å². The van der Waals surface area contributed by atoms with Crippen LogP contribution in [0.1, 0.15) is 50.5 Å². The number of amides is 1. The third-order valence-electron chi connectivity index (χ3n) is 6.72. The summed E-state index contributed by atoms with van der Waals surface area (Å²) in [6, 6.07) is 5.96. The normalized spacial score (nSPS) is 27.1. The van der Waals surface area contributed by atoms with Gasteiger partial charge in [-0.25, -0.2) is 4.79 Å². The van der Waals surface area contributed by atoms with Crippen LogP contribution in [0.3, 0.4) is 0 Å². The monoisotopic (exact) mass is 414 g/mol. The maximum atomic E-state index is 13.0. The van der Waals surface area contributed by atoms with Crippen molar-refractivity contribution in [3.05, 3.63) is 23.9 Å². The summed E-state index contributed by atoms with van der Waals surface area (Å²) in [5, 5.41) is 3.75. The number of methoxy groups -OCH3 is 2. The van der Waals surface area contributed by atoms with Crippen LogP contribution in [0.4, 0.5) is 5.69 Å². The van der Waals surface area contributed by atoms with Crippen molar-refractivity contribution in [3.8, 4) is 5.75 Å². The number of likely N-dealkylation sites (tertiary alicyclic amines) is 1. The number of quaternary nitrogens is 1. The molecule has 1 amide bonds. The summed E-state index contributed by atoms with van der Waals surface area (Å²) in [4.78, 5) is 29.7. The average Bonchev–Trinajstić information content (AvgIpc) is 3.13. The van der Waals surface area contributed by atoms with Crippen molar-refractivity contribution in [3.63, 3.8) is 0 Å². The molecule has 3 N–H and O–H groups in total. The number of anilines is 1. The fraction of sp³-hybridized carbons (Fsp3) is 0.565. The first-order valence-electron chi connectivity index (χ1n) is 10.6. The van der Waals surface area contributed by atoms with Crippen LogP contribution in [0.2, 0.25) is 0 Å². The number of ether oxygens (including phenoxy) is 2. The van der Waals surface area contributed by atoms with E-state index in [0.717, 1.165) is 18.4 Å². The Morgan fingerprint density at radius 2 is 2.00 bits per heavy atom. The Bertz CT molecular complexity index is 996. The van der Waals surface area contributed by atoms with Crippen LogP contribution in [-0.2, 0) is 9.53 Å². The molecule has 1 aliphatic carbocycles. The van der Waals surface area contributed by atoms with Crippen molar-refractivity contribution in [2.24, 2.45) is 10.8 Å². The van der Waals surface area contributed by atoms with Crippen molar-refractivity contribution >= 4 is 28.5 Å². The van der Waals surface area contributed by atoms with Gasteiger partial charge in [0.25, 0.3) is 5.91 Å². The van der Waals surface area contributed by atoms with Crippen LogP contribution in [-0.4, -0.2) is 50.2 Å². The number of esters is 1. The van der Waals surface area contributed by atoms with Gasteiger partial charge in [-0.3, -0.25) is 4.79 Å². The van der Waals surface area contributed by atoms with Gasteiger partial charge in [-0.05, 0) is 24.0 Å². The molecule has 1 saturated heterocycles. The largest absolute Gasteiger partial charge is 0.497 e. The summed E-state index contributed by atoms with van der Waals surface area (Å²) in [5.74, 6) is 0.0719. The molecule has 30 heavy (non-hydrogen) atoms. The highest BCUT2D eigenvalue weighted by Crippen LogP contribution is 2.47. The summed E-state index contributed by atoms with van der Waals surface area (Å²) in [6.07, 6.45) is 3.53. The zero-order valence-corrected chi connectivity index (χ0v) is 18.5. The second-order valence-corrected chi connectivity index (χ2v) is 10.1. The lowest BCUT2D eigenvalue weighted by molar-refractivity contribution is -0.906. The molecule has 7 nitrogen and oxygen atoms in total. The number of fused-ring (bicyclic) bond motifs is 3. The summed E-state index contributed by atoms with van der Waals surface area (Å²) in [7, 11) is 2.92. The molecule has 0 radical (unpaired) electrons. The van der Waals surface area contributed by atoms with E-state index in [1.807, 2.05) is 12.1 Å². The fourth-order valence-electron chi connectivity index (χ4n) is 6.03. The fourth-order valence-corrected chi connectivity index (χ4v) is 6.03. The summed E-state index contributed by atoms with van der Waals surface area (Å²) in [5.41, 5.74) is 2.05. The Hall–Kier alpha value is -2.54. The average molecular weight is 415 g/mol. The Morgan fingerprint density at radius 3 is 2.70 bits per heavy atom. The molecule has 2 bridgehead atoms. The summed E-state index contributed by atoms with van der Waals surface area (Å²) < 4.78 is 10.2. The van der Waals surface area contributed by atoms with Crippen LogP contribution in [0.15, 0.2) is 18.2 Å². The molecule has 2 fully saturated rings. The third kappa shape index (κ3) is 3.78. The Kier molecular flexibility index (Phi) is 5.04. The molecule has 7 heteroatoms. The number of nitrogens with one attached hydrogen (secondary N) is 3. The zero-order valence-electron chi connectivity index (χ0n) is 18.5. The summed E-state index contributed by atoms with van der Waals surface area (Å²) >= 11 is 0. The van der Waals surface area contributed by atoms with Gasteiger partial charge in [-0.1, -0.05) is 20.8 Å². The van der Waals surface area contributed by atoms with E-state index >= 15 is 0 Å². The van der Waals surface area contributed by atoms with Crippen LogP contribution in [0.5, 0.6) is 5.75 Å². The molecular weight excluding hydrogens is 382 g/mol. The zero-order chi connectivity index (χ0) is 21.7. The van der Waals surface area contributed by atoms with Gasteiger partial charge in [0.05, 0.1) is 38.0 Å². The van der Waals surface area contributed by atoms with Gasteiger partial charge < -0.3 is 24.7 Å². The van der Waals surface area contributed by atoms with Gasteiger partial charge in [-0.2, -0.15) is 0 Å². The van der Waals surface area contributed by atoms with E-state index in [-0.39, 0.29) is 11.6 Å². The molecule has 4 rings (SSSR count). The number of aromatic amines is 1. The van der Waals surface area contributed by atoms with E-state index in [2.05, 4.69) is 31.1 Å². The van der Waals surface area contributed by atoms with Gasteiger partial charge in [0.15, 0.2) is 6.54 Å². The lowest BCUT2D eigenvalue weighted by Gasteiger charge is -2.37. The molecular formula is C23H32N3O4+. The Labute approximate surface area is 177 Å². The molecule has 2 heterocycles. The van der Waals surface area contributed by atoms with Crippen LogP contribution < -0.4 is 15.0 Å². The second kappa shape index (κ2) is 7.30. The van der Waals surface area contributed by atoms with Crippen molar-refractivity contribution in [1.82, 2.24) is 4.98 Å². The van der Waals surface area contributed by atoms with Crippen LogP contribution >= 0.6 is 0 Å². The van der Waals surface area contributed by atoms with Crippen molar-refractivity contribution < 1.29 is 24.0 Å². The lowest BCUT2D eigenvalue weighted by atomic mass is 9.65. The first-order chi connectivity index (χ1) is 14.1. The highest BCUT2D eigenvalue weighted by Gasteiger charge is 2.53. The number of carbonyl (C=O) groups is 2. The second-order valence-electron chi connectivity index (χ2n) is 10.1. The van der Waals surface area contributed by atoms with E-state index in [9.17, 15) is 9.59 Å². The number of carbonyl (C=O) groups excluding carboxylic acids is 2. The van der Waals surface area contributed by atoms with Crippen molar-refractivity contribution in [2.45, 2.75) is 46.1 Å². The quantitative estimate of drug-likeness (QED) is 0.656. The minimum Gasteiger partial charge on any atom is -0.497 e. The number of hydrogen-bond donors (Lipinski definition) is 3. The van der Waals surface area contributed by atoms with Gasteiger partial charge in [0.2, 0.25) is 0 Å². The van der Waals surface area contributed by atoms with Crippen LogP contribution in [0, 0.1) is 10.8 Å². The Balaban J connectivity index is 1.57. The molecule has 0 spiro atoms. The minimum atomic E-state index is -0.515. The molecule has 1 saturated carbocycles. The van der Waals surface area contributed by atoms with E-state index in [0.29, 0.717) is 40.4 Å². The van der Waals surface area contributed by atoms with Gasteiger partial charge in [0, 0.05) is 29.7 Å². The molecule has 2 aromatic rings. The number of H-pyrrole nitrogens is 1. The maximum absolute atomic E-state index is 13.0. The molecule has 3 atom stereocenters. The highest BCUT2D eigenvalue weighted by atomic mass is 16.5. The number of rotatable bonds is 5. The summed E-state index contributed by atoms with van der Waals surface area (Å²) in [6.45, 7) is 8.45. The predicted molar refractivity (Wildman–Crippen MR) is 115 cm³/mol. The molecule has 1 aromatic carbocycles. The van der Waals surface area contributed by atoms with E-state index < -0.39 is 5.97 Å². The van der Waals surface area contributed by atoms with E-state index in [1.54, 1.807) is 13.2 Å². The molecule has 162 valence electrons. The SMILES string of the molecule is COC(=O)c1[nH]c2cc(OC)ccc2c1NC(=O)C[NH+]1C[C@@]2(C)C[C@@H]1CC(C)(C)C2. The first kappa shape index (κ1) is 20.7. The number of hydrogen-bond acceptors (Lipinski definition) is 4. The first-order valence-corrected chi connectivity index (χ1v) is 10.6. The maximum Gasteiger partial charge on any atom is 0.356 e. The molecule has 1 aromatic heterocycles. The van der Waals surface area contributed by atoms with E-state index in [4.69, 9.17) is 9.47 Å². The van der Waals surface area contributed by atoms with E-state index in [1.165, 1.54) is 24.9 Å². The third-order valence-corrected chi connectivity index (χ3v) is 6.72. The molecule has 2 aliphatic rings. The molecule has 1 aliphatic heterocycles. The van der Waals surface area contributed by atoms with Gasteiger partial charge in [-0.15, -0.1) is 0 Å². The van der Waals surface area contributed by atoms with Crippen molar-refractivity contribution in [2.75, 3.05) is 32.6 Å². The standard InChI is InChI=1S/C23H31N3O4/c1-22(2)9-14-10-23(3,12-22)13-26(14)11-18(27)25-19-16-7-6-15(29-4)8-17(16)24-20(19)21(28)30-5/h6-8,14,24H,9-13H2,1-5H3,(H,25,27)/p+1/t14-,23-/m0/s1. The van der Waals surface area contributed by atoms with Crippen molar-refractivity contribution in [1.29, 1.82) is 0 Å². The van der Waals surface area contributed by atoms with Gasteiger partial charge in [0.1, 0.15) is 11.4 Å². The lowest BCUT2D eigenvalue weighted by Crippen LogP contribution is -3.15. The van der Waals surface area contributed by atoms with Crippen LogP contribution in [0.25, 0.3) is 10.9 Å². The number of benzene rings is 1. The smallest absolute Gasteiger partial charge is 0.356 e. The number of aromatic nitrogens is 1.